The molecule has 1 rings (SSSR count). The minimum Gasteiger partial charge on any atom is -0.322 e. The first kappa shape index (κ1) is 11.5. The highest BCUT2D eigenvalue weighted by Gasteiger charge is 2.03. The third-order valence-corrected chi connectivity index (χ3v) is 2.23. The van der Waals surface area contributed by atoms with Crippen LogP contribution in [0.15, 0.2) is 30.4 Å². The Balaban J connectivity index is 2.80. The Morgan fingerprint density at radius 1 is 1.33 bits per heavy atom. The van der Waals surface area contributed by atoms with E-state index in [1.54, 1.807) is 6.08 Å². The zero-order chi connectivity index (χ0) is 11.3. The van der Waals surface area contributed by atoms with E-state index in [9.17, 15) is 4.79 Å². The SMILES string of the molecule is CC/C=C/C(=O)Nc1c(C)cccc1C. The molecule has 1 N–H and O–H groups in total. The van der Waals surface area contributed by atoms with Gasteiger partial charge in [-0.2, -0.15) is 0 Å². The second-order valence-corrected chi connectivity index (χ2v) is 3.57. The number of hydrogen-bond acceptors (Lipinski definition) is 1. The summed E-state index contributed by atoms with van der Waals surface area (Å²) >= 11 is 0. The molecular weight excluding hydrogens is 186 g/mol. The Bertz CT molecular complexity index is 360. The molecule has 0 bridgehead atoms. The van der Waals surface area contributed by atoms with E-state index >= 15 is 0 Å². The van der Waals surface area contributed by atoms with Crippen molar-refractivity contribution in [3.63, 3.8) is 0 Å². The number of amides is 1. The van der Waals surface area contributed by atoms with E-state index in [-0.39, 0.29) is 5.91 Å². The second-order valence-electron chi connectivity index (χ2n) is 3.57. The summed E-state index contributed by atoms with van der Waals surface area (Å²) in [4.78, 5) is 11.5. The van der Waals surface area contributed by atoms with Gasteiger partial charge in [-0.3, -0.25) is 4.79 Å². The van der Waals surface area contributed by atoms with Crippen LogP contribution in [0.4, 0.5) is 5.69 Å². The lowest BCUT2D eigenvalue weighted by atomic mass is 10.1. The lowest BCUT2D eigenvalue weighted by molar-refractivity contribution is -0.111. The van der Waals surface area contributed by atoms with Crippen molar-refractivity contribution >= 4 is 11.6 Å². The molecule has 2 heteroatoms. The maximum Gasteiger partial charge on any atom is 0.248 e. The van der Waals surface area contributed by atoms with Crippen LogP contribution in [0.3, 0.4) is 0 Å². The highest BCUT2D eigenvalue weighted by atomic mass is 16.1. The summed E-state index contributed by atoms with van der Waals surface area (Å²) in [5.74, 6) is -0.0609. The summed E-state index contributed by atoms with van der Waals surface area (Å²) in [6.45, 7) is 5.99. The molecule has 1 aromatic carbocycles. The minimum atomic E-state index is -0.0609. The minimum absolute atomic E-state index is 0.0609. The van der Waals surface area contributed by atoms with Crippen LogP contribution >= 0.6 is 0 Å². The summed E-state index contributed by atoms with van der Waals surface area (Å²) in [7, 11) is 0. The average molecular weight is 203 g/mol. The first-order chi connectivity index (χ1) is 7.15. The van der Waals surface area contributed by atoms with E-state index in [0.29, 0.717) is 0 Å². The zero-order valence-corrected chi connectivity index (χ0v) is 9.50. The van der Waals surface area contributed by atoms with Gasteiger partial charge < -0.3 is 5.32 Å². The Labute approximate surface area is 91.0 Å². The van der Waals surface area contributed by atoms with Gasteiger partial charge in [-0.05, 0) is 37.5 Å². The van der Waals surface area contributed by atoms with Crippen LogP contribution in [-0.4, -0.2) is 5.91 Å². The number of rotatable bonds is 3. The van der Waals surface area contributed by atoms with Crippen molar-refractivity contribution in [3.8, 4) is 0 Å². The fourth-order valence-corrected chi connectivity index (χ4v) is 1.40. The number of benzene rings is 1. The van der Waals surface area contributed by atoms with Crippen LogP contribution < -0.4 is 5.32 Å². The zero-order valence-electron chi connectivity index (χ0n) is 9.50. The van der Waals surface area contributed by atoms with E-state index in [1.807, 2.05) is 45.0 Å². The number of carbonyl (C=O) groups excluding carboxylic acids is 1. The van der Waals surface area contributed by atoms with Gasteiger partial charge in [0.05, 0.1) is 0 Å². The van der Waals surface area contributed by atoms with Gasteiger partial charge in [-0.15, -0.1) is 0 Å². The Hall–Kier alpha value is -1.57. The standard InChI is InChI=1S/C13H17NO/c1-4-5-9-12(15)14-13-10(2)7-6-8-11(13)3/h5-9H,4H2,1-3H3,(H,14,15)/b9-5+. The molecular formula is C13H17NO. The highest BCUT2D eigenvalue weighted by molar-refractivity contribution is 6.00. The molecule has 1 aromatic rings. The lowest BCUT2D eigenvalue weighted by Gasteiger charge is -2.09. The molecule has 0 radical (unpaired) electrons. The predicted molar refractivity (Wildman–Crippen MR) is 64.0 cm³/mol. The number of aryl methyl sites for hydroxylation is 2. The Morgan fingerprint density at radius 3 is 2.47 bits per heavy atom. The van der Waals surface area contributed by atoms with E-state index in [2.05, 4.69) is 5.32 Å². The quantitative estimate of drug-likeness (QED) is 0.751. The van der Waals surface area contributed by atoms with Gasteiger partial charge in [0, 0.05) is 5.69 Å². The van der Waals surface area contributed by atoms with Crippen molar-refractivity contribution in [2.75, 3.05) is 5.32 Å². The van der Waals surface area contributed by atoms with Crippen LogP contribution in [0.2, 0.25) is 0 Å². The summed E-state index contributed by atoms with van der Waals surface area (Å²) < 4.78 is 0. The van der Waals surface area contributed by atoms with E-state index in [1.165, 1.54) is 0 Å². The van der Waals surface area contributed by atoms with Gasteiger partial charge in [-0.1, -0.05) is 31.2 Å². The van der Waals surface area contributed by atoms with Crippen molar-refractivity contribution in [2.24, 2.45) is 0 Å². The molecule has 0 aromatic heterocycles. The average Bonchev–Trinajstić information content (AvgIpc) is 2.21. The molecule has 0 unspecified atom stereocenters. The molecule has 1 amide bonds. The van der Waals surface area contributed by atoms with Crippen molar-refractivity contribution in [3.05, 3.63) is 41.5 Å². The van der Waals surface area contributed by atoms with Gasteiger partial charge in [-0.25, -0.2) is 0 Å². The molecule has 80 valence electrons. The highest BCUT2D eigenvalue weighted by Crippen LogP contribution is 2.19. The van der Waals surface area contributed by atoms with Gasteiger partial charge in [0.2, 0.25) is 5.91 Å². The Morgan fingerprint density at radius 2 is 1.93 bits per heavy atom. The molecule has 0 heterocycles. The van der Waals surface area contributed by atoms with Crippen molar-refractivity contribution in [1.29, 1.82) is 0 Å². The molecule has 0 aliphatic rings. The van der Waals surface area contributed by atoms with Crippen molar-refractivity contribution < 1.29 is 4.79 Å². The first-order valence-corrected chi connectivity index (χ1v) is 5.19. The van der Waals surface area contributed by atoms with Gasteiger partial charge in [0.15, 0.2) is 0 Å². The second kappa shape index (κ2) is 5.35. The summed E-state index contributed by atoms with van der Waals surface area (Å²) in [5.41, 5.74) is 3.10. The van der Waals surface area contributed by atoms with Crippen LogP contribution in [0.1, 0.15) is 24.5 Å². The van der Waals surface area contributed by atoms with Crippen LogP contribution in [0.25, 0.3) is 0 Å². The third-order valence-electron chi connectivity index (χ3n) is 2.23. The molecule has 0 spiro atoms. The van der Waals surface area contributed by atoms with Crippen LogP contribution in [0, 0.1) is 13.8 Å². The molecule has 15 heavy (non-hydrogen) atoms. The van der Waals surface area contributed by atoms with Crippen LogP contribution in [0.5, 0.6) is 0 Å². The van der Waals surface area contributed by atoms with E-state index < -0.39 is 0 Å². The molecule has 2 nitrogen and oxygen atoms in total. The van der Waals surface area contributed by atoms with Gasteiger partial charge in [0.1, 0.15) is 0 Å². The predicted octanol–water partition coefficient (Wildman–Crippen LogP) is 3.21. The fourth-order valence-electron chi connectivity index (χ4n) is 1.40. The van der Waals surface area contributed by atoms with E-state index in [4.69, 9.17) is 0 Å². The number of anilines is 1. The maximum atomic E-state index is 11.5. The van der Waals surface area contributed by atoms with Gasteiger partial charge in [0.25, 0.3) is 0 Å². The third kappa shape index (κ3) is 3.24. The molecule has 0 fully saturated rings. The Kier molecular flexibility index (Phi) is 4.10. The number of nitrogens with one attached hydrogen (secondary N) is 1. The molecule has 0 aliphatic heterocycles. The largest absolute Gasteiger partial charge is 0.322 e. The summed E-state index contributed by atoms with van der Waals surface area (Å²) in [6, 6.07) is 5.97. The first-order valence-electron chi connectivity index (χ1n) is 5.19. The number of allylic oxidation sites excluding steroid dienone is 1. The fraction of sp³-hybridized carbons (Fsp3) is 0.308. The number of carbonyl (C=O) groups is 1. The summed E-state index contributed by atoms with van der Waals surface area (Å²) in [6.07, 6.45) is 4.30. The summed E-state index contributed by atoms with van der Waals surface area (Å²) in [5, 5.41) is 2.89. The molecule has 0 saturated heterocycles. The maximum absolute atomic E-state index is 11.5. The van der Waals surface area contributed by atoms with Crippen molar-refractivity contribution in [2.45, 2.75) is 27.2 Å². The van der Waals surface area contributed by atoms with Gasteiger partial charge >= 0.3 is 0 Å². The monoisotopic (exact) mass is 203 g/mol. The lowest BCUT2D eigenvalue weighted by Crippen LogP contribution is -2.10. The van der Waals surface area contributed by atoms with Crippen molar-refractivity contribution in [1.82, 2.24) is 0 Å². The van der Waals surface area contributed by atoms with Crippen LogP contribution in [-0.2, 0) is 4.79 Å². The molecule has 0 aliphatic carbocycles. The smallest absolute Gasteiger partial charge is 0.248 e. The number of hydrogen-bond donors (Lipinski definition) is 1. The molecule has 0 saturated carbocycles. The number of para-hydroxylation sites is 1. The topological polar surface area (TPSA) is 29.1 Å². The normalized spacial score (nSPS) is 10.6. The van der Waals surface area contributed by atoms with E-state index in [0.717, 1.165) is 23.2 Å². The molecule has 0 atom stereocenters.